The molecule has 0 saturated heterocycles. The number of halogens is 1. The first-order valence-corrected chi connectivity index (χ1v) is 7.70. The first-order valence-electron chi connectivity index (χ1n) is 4.95. The second-order valence-corrected chi connectivity index (χ2v) is 7.04. The molecular formula is C11H11BrN2O3S. The SMILES string of the molecule is CC(C(=O)Nc1cc(Br)ccc1C#N)S(C)(=O)=O. The van der Waals surface area contributed by atoms with Gasteiger partial charge >= 0.3 is 0 Å². The Bertz CT molecular complexity index is 620. The monoisotopic (exact) mass is 330 g/mol. The maximum absolute atomic E-state index is 11.7. The molecule has 1 unspecified atom stereocenters. The second kappa shape index (κ2) is 5.50. The molecule has 0 spiro atoms. The maximum Gasteiger partial charge on any atom is 0.242 e. The standard InChI is InChI=1S/C11H11BrN2O3S/c1-7(18(2,16)17)11(15)14-10-5-9(12)4-3-8(10)6-13/h3-5,7H,1-2H3,(H,14,15). The Morgan fingerprint density at radius 2 is 2.11 bits per heavy atom. The summed E-state index contributed by atoms with van der Waals surface area (Å²) >= 11 is 3.21. The van der Waals surface area contributed by atoms with Gasteiger partial charge in [-0.3, -0.25) is 4.79 Å². The van der Waals surface area contributed by atoms with E-state index in [1.54, 1.807) is 12.1 Å². The third-order valence-electron chi connectivity index (χ3n) is 2.37. The van der Waals surface area contributed by atoms with Gasteiger partial charge in [0.15, 0.2) is 9.84 Å². The fourth-order valence-electron chi connectivity index (χ4n) is 1.15. The zero-order valence-corrected chi connectivity index (χ0v) is 12.2. The van der Waals surface area contributed by atoms with E-state index in [1.165, 1.54) is 13.0 Å². The lowest BCUT2D eigenvalue weighted by atomic mass is 10.2. The van der Waals surface area contributed by atoms with Crippen molar-refractivity contribution in [1.29, 1.82) is 5.26 Å². The number of amides is 1. The zero-order valence-electron chi connectivity index (χ0n) is 9.77. The van der Waals surface area contributed by atoms with E-state index in [-0.39, 0.29) is 11.3 Å². The van der Waals surface area contributed by atoms with Gasteiger partial charge in [0.1, 0.15) is 11.3 Å². The van der Waals surface area contributed by atoms with Gasteiger partial charge in [0.2, 0.25) is 5.91 Å². The van der Waals surface area contributed by atoms with Gasteiger partial charge in [-0.1, -0.05) is 15.9 Å². The number of hydrogen-bond donors (Lipinski definition) is 1. The van der Waals surface area contributed by atoms with Crippen LogP contribution >= 0.6 is 15.9 Å². The molecule has 0 aliphatic rings. The summed E-state index contributed by atoms with van der Waals surface area (Å²) in [7, 11) is -3.46. The largest absolute Gasteiger partial charge is 0.324 e. The number of hydrogen-bond acceptors (Lipinski definition) is 4. The van der Waals surface area contributed by atoms with Crippen LogP contribution < -0.4 is 5.32 Å². The van der Waals surface area contributed by atoms with Crippen molar-refractivity contribution in [2.24, 2.45) is 0 Å². The highest BCUT2D eigenvalue weighted by molar-refractivity contribution is 9.10. The lowest BCUT2D eigenvalue weighted by Crippen LogP contribution is -2.32. The molecule has 1 rings (SSSR count). The number of nitriles is 1. The summed E-state index contributed by atoms with van der Waals surface area (Å²) in [5.41, 5.74) is 0.555. The van der Waals surface area contributed by atoms with E-state index in [4.69, 9.17) is 5.26 Å². The number of carbonyl (C=O) groups is 1. The molecule has 1 aromatic rings. The van der Waals surface area contributed by atoms with E-state index in [1.807, 2.05) is 6.07 Å². The first-order chi connectivity index (χ1) is 8.25. The van der Waals surface area contributed by atoms with Crippen LogP contribution in [0.15, 0.2) is 22.7 Å². The molecule has 0 aliphatic carbocycles. The summed E-state index contributed by atoms with van der Waals surface area (Å²) in [6.45, 7) is 1.30. The molecule has 18 heavy (non-hydrogen) atoms. The van der Waals surface area contributed by atoms with Crippen molar-refractivity contribution in [3.8, 4) is 6.07 Å². The molecule has 96 valence electrons. The smallest absolute Gasteiger partial charge is 0.242 e. The van der Waals surface area contributed by atoms with E-state index in [0.717, 1.165) is 6.26 Å². The molecule has 1 amide bonds. The number of rotatable bonds is 3. The van der Waals surface area contributed by atoms with Gasteiger partial charge in [0.25, 0.3) is 0 Å². The summed E-state index contributed by atoms with van der Waals surface area (Å²) in [6, 6.07) is 6.66. The molecule has 1 aromatic carbocycles. The summed E-state index contributed by atoms with van der Waals surface area (Å²) in [6.07, 6.45) is 0.989. The lowest BCUT2D eigenvalue weighted by Gasteiger charge is -2.11. The van der Waals surface area contributed by atoms with E-state index < -0.39 is 21.0 Å². The van der Waals surface area contributed by atoms with Crippen molar-refractivity contribution in [3.63, 3.8) is 0 Å². The topological polar surface area (TPSA) is 87.0 Å². The minimum Gasteiger partial charge on any atom is -0.324 e. The number of benzene rings is 1. The highest BCUT2D eigenvalue weighted by atomic mass is 79.9. The van der Waals surface area contributed by atoms with Crippen molar-refractivity contribution in [2.45, 2.75) is 12.2 Å². The Morgan fingerprint density at radius 3 is 2.61 bits per heavy atom. The summed E-state index contributed by atoms with van der Waals surface area (Å²) in [5, 5.41) is 10.2. The minimum atomic E-state index is -3.46. The van der Waals surface area contributed by atoms with Gasteiger partial charge in [-0.05, 0) is 25.1 Å². The molecule has 1 atom stereocenters. The Balaban J connectivity index is 3.03. The fourth-order valence-corrected chi connectivity index (χ4v) is 1.96. The lowest BCUT2D eigenvalue weighted by molar-refractivity contribution is -0.115. The van der Waals surface area contributed by atoms with Crippen LogP contribution in [0.1, 0.15) is 12.5 Å². The predicted octanol–water partition coefficient (Wildman–Crippen LogP) is 1.69. The number of sulfone groups is 1. The van der Waals surface area contributed by atoms with Crippen LogP contribution in [-0.4, -0.2) is 25.8 Å². The van der Waals surface area contributed by atoms with Gasteiger partial charge in [0, 0.05) is 10.7 Å². The van der Waals surface area contributed by atoms with Gasteiger partial charge in [-0.2, -0.15) is 5.26 Å². The first kappa shape index (κ1) is 14.7. The van der Waals surface area contributed by atoms with Crippen LogP contribution in [0.3, 0.4) is 0 Å². The molecule has 0 aliphatic heterocycles. The van der Waals surface area contributed by atoms with Crippen LogP contribution in [-0.2, 0) is 14.6 Å². The van der Waals surface area contributed by atoms with Gasteiger partial charge in [-0.15, -0.1) is 0 Å². The summed E-state index contributed by atoms with van der Waals surface area (Å²) in [4.78, 5) is 11.7. The average Bonchev–Trinajstić information content (AvgIpc) is 2.27. The van der Waals surface area contributed by atoms with Crippen LogP contribution in [0, 0.1) is 11.3 Å². The Kier molecular flexibility index (Phi) is 4.48. The molecule has 0 radical (unpaired) electrons. The molecule has 0 saturated carbocycles. The second-order valence-electron chi connectivity index (χ2n) is 3.76. The van der Waals surface area contributed by atoms with E-state index >= 15 is 0 Å². The number of carbonyl (C=O) groups excluding carboxylic acids is 1. The average molecular weight is 331 g/mol. The zero-order chi connectivity index (χ0) is 13.9. The Hall–Kier alpha value is -1.39. The molecule has 7 heteroatoms. The van der Waals surface area contributed by atoms with Crippen LogP contribution in [0.25, 0.3) is 0 Å². The van der Waals surface area contributed by atoms with E-state index in [0.29, 0.717) is 4.47 Å². The van der Waals surface area contributed by atoms with Crippen molar-refractivity contribution in [3.05, 3.63) is 28.2 Å². The normalized spacial score (nSPS) is 12.6. The predicted molar refractivity (Wildman–Crippen MR) is 71.8 cm³/mol. The highest BCUT2D eigenvalue weighted by Crippen LogP contribution is 2.21. The number of nitrogens with one attached hydrogen (secondary N) is 1. The quantitative estimate of drug-likeness (QED) is 0.913. The van der Waals surface area contributed by atoms with Gasteiger partial charge < -0.3 is 5.32 Å². The molecule has 0 heterocycles. The van der Waals surface area contributed by atoms with Crippen molar-refractivity contribution in [2.75, 3.05) is 11.6 Å². The Labute approximate surface area is 114 Å². The third kappa shape index (κ3) is 3.55. The maximum atomic E-state index is 11.7. The highest BCUT2D eigenvalue weighted by Gasteiger charge is 2.24. The Morgan fingerprint density at radius 1 is 1.50 bits per heavy atom. The number of nitrogens with zero attached hydrogens (tertiary/aromatic N) is 1. The van der Waals surface area contributed by atoms with Crippen molar-refractivity contribution in [1.82, 2.24) is 0 Å². The fraction of sp³-hybridized carbons (Fsp3) is 0.273. The molecule has 0 bridgehead atoms. The van der Waals surface area contributed by atoms with E-state index in [9.17, 15) is 13.2 Å². The van der Waals surface area contributed by atoms with E-state index in [2.05, 4.69) is 21.2 Å². The molecule has 1 N–H and O–H groups in total. The van der Waals surface area contributed by atoms with Crippen molar-refractivity contribution >= 4 is 37.4 Å². The van der Waals surface area contributed by atoms with Crippen molar-refractivity contribution < 1.29 is 13.2 Å². The van der Waals surface area contributed by atoms with Gasteiger partial charge in [0.05, 0.1) is 11.3 Å². The van der Waals surface area contributed by atoms with Gasteiger partial charge in [-0.25, -0.2) is 8.42 Å². The molecule has 5 nitrogen and oxygen atoms in total. The van der Waals surface area contributed by atoms with Crippen LogP contribution in [0.5, 0.6) is 0 Å². The molecule has 0 aromatic heterocycles. The molecule has 0 fully saturated rings. The molecular weight excluding hydrogens is 320 g/mol. The number of anilines is 1. The summed E-state index contributed by atoms with van der Waals surface area (Å²) in [5.74, 6) is -0.660. The van der Waals surface area contributed by atoms with Crippen LogP contribution in [0.4, 0.5) is 5.69 Å². The van der Waals surface area contributed by atoms with Crippen LogP contribution in [0.2, 0.25) is 0 Å². The minimum absolute atomic E-state index is 0.271. The third-order valence-corrected chi connectivity index (χ3v) is 4.36. The summed E-state index contributed by atoms with van der Waals surface area (Å²) < 4.78 is 23.2.